The average Bonchev–Trinajstić information content (AvgIpc) is 2.28. The molecule has 0 radical (unpaired) electrons. The predicted molar refractivity (Wildman–Crippen MR) is 71.6 cm³/mol. The summed E-state index contributed by atoms with van der Waals surface area (Å²) >= 11 is 0. The molecule has 0 amide bonds. The predicted octanol–water partition coefficient (Wildman–Crippen LogP) is 1.57. The van der Waals surface area contributed by atoms with Crippen LogP contribution in [0.15, 0.2) is 29.3 Å². The summed E-state index contributed by atoms with van der Waals surface area (Å²) in [5, 5.41) is 10.7. The summed E-state index contributed by atoms with van der Waals surface area (Å²) in [6.07, 6.45) is 0. The smallest absolute Gasteiger partial charge is 0.269 e. The standard InChI is InChI=1S/C12H18N4O2/c1-14(2)12(15(3)4)13-9-10-6-5-7-11(8-10)16(17)18/h5-8H,9H2,1-4H3. The van der Waals surface area contributed by atoms with Crippen LogP contribution in [0.5, 0.6) is 0 Å². The number of aliphatic imine (C=N–C) groups is 1. The largest absolute Gasteiger partial charge is 0.349 e. The van der Waals surface area contributed by atoms with E-state index in [0.717, 1.165) is 11.5 Å². The maximum atomic E-state index is 10.7. The Bertz CT molecular complexity index is 445. The zero-order valence-electron chi connectivity index (χ0n) is 11.1. The van der Waals surface area contributed by atoms with Crippen molar-refractivity contribution in [2.45, 2.75) is 6.54 Å². The van der Waals surface area contributed by atoms with Gasteiger partial charge in [-0.25, -0.2) is 4.99 Å². The molecule has 6 nitrogen and oxygen atoms in total. The molecule has 0 heterocycles. The summed E-state index contributed by atoms with van der Waals surface area (Å²) in [5.74, 6) is 0.821. The molecule has 98 valence electrons. The maximum absolute atomic E-state index is 10.7. The molecule has 0 N–H and O–H groups in total. The summed E-state index contributed by atoms with van der Waals surface area (Å²) in [4.78, 5) is 18.5. The minimum Gasteiger partial charge on any atom is -0.349 e. The highest BCUT2D eigenvalue weighted by Gasteiger charge is 2.07. The van der Waals surface area contributed by atoms with Gasteiger partial charge in [-0.1, -0.05) is 12.1 Å². The topological polar surface area (TPSA) is 62.0 Å². The van der Waals surface area contributed by atoms with Crippen LogP contribution < -0.4 is 0 Å². The lowest BCUT2D eigenvalue weighted by atomic mass is 10.2. The van der Waals surface area contributed by atoms with Crippen LogP contribution in [-0.4, -0.2) is 48.9 Å². The van der Waals surface area contributed by atoms with Crippen LogP contribution in [-0.2, 0) is 6.54 Å². The first-order valence-electron chi connectivity index (χ1n) is 5.54. The molecule has 0 saturated carbocycles. The summed E-state index contributed by atoms with van der Waals surface area (Å²) < 4.78 is 0. The van der Waals surface area contributed by atoms with Gasteiger partial charge in [0.2, 0.25) is 0 Å². The van der Waals surface area contributed by atoms with Crippen molar-refractivity contribution in [3.63, 3.8) is 0 Å². The van der Waals surface area contributed by atoms with Gasteiger partial charge in [-0.2, -0.15) is 0 Å². The number of nitro groups is 1. The van der Waals surface area contributed by atoms with Crippen LogP contribution in [0, 0.1) is 10.1 Å². The molecule has 6 heteroatoms. The quantitative estimate of drug-likeness (QED) is 0.353. The summed E-state index contributed by atoms with van der Waals surface area (Å²) in [6, 6.07) is 6.53. The number of guanidine groups is 1. The minimum absolute atomic E-state index is 0.0963. The van der Waals surface area contributed by atoms with Gasteiger partial charge in [0, 0.05) is 40.3 Å². The van der Waals surface area contributed by atoms with Crippen molar-refractivity contribution in [1.82, 2.24) is 9.80 Å². The van der Waals surface area contributed by atoms with E-state index in [4.69, 9.17) is 0 Å². The molecule has 0 aliphatic rings. The number of nitrogens with zero attached hydrogens (tertiary/aromatic N) is 4. The SMILES string of the molecule is CN(C)C(=NCc1cccc([N+](=O)[O-])c1)N(C)C. The highest BCUT2D eigenvalue weighted by molar-refractivity contribution is 5.79. The molecule has 1 aromatic rings. The van der Waals surface area contributed by atoms with Gasteiger partial charge < -0.3 is 9.80 Å². The maximum Gasteiger partial charge on any atom is 0.269 e. The zero-order valence-corrected chi connectivity index (χ0v) is 11.1. The van der Waals surface area contributed by atoms with Crippen molar-refractivity contribution in [3.8, 4) is 0 Å². The molecule has 0 aromatic heterocycles. The molecule has 18 heavy (non-hydrogen) atoms. The van der Waals surface area contributed by atoms with Crippen molar-refractivity contribution >= 4 is 11.6 Å². The van der Waals surface area contributed by atoms with Gasteiger partial charge in [0.25, 0.3) is 5.69 Å². The van der Waals surface area contributed by atoms with Crippen LogP contribution in [0.3, 0.4) is 0 Å². The third kappa shape index (κ3) is 3.73. The Morgan fingerprint density at radius 1 is 1.28 bits per heavy atom. The Kier molecular flexibility index (Phi) is 4.65. The fraction of sp³-hybridized carbons (Fsp3) is 0.417. The molecule has 0 saturated heterocycles. The molecule has 0 fully saturated rings. The van der Waals surface area contributed by atoms with E-state index in [0.29, 0.717) is 6.54 Å². The van der Waals surface area contributed by atoms with Gasteiger partial charge in [0.05, 0.1) is 11.5 Å². The highest BCUT2D eigenvalue weighted by atomic mass is 16.6. The Hall–Kier alpha value is -2.11. The van der Waals surface area contributed by atoms with Crippen LogP contribution in [0.2, 0.25) is 0 Å². The van der Waals surface area contributed by atoms with Crippen LogP contribution in [0.4, 0.5) is 5.69 Å². The number of rotatable bonds is 3. The van der Waals surface area contributed by atoms with Crippen molar-refractivity contribution in [2.75, 3.05) is 28.2 Å². The average molecular weight is 250 g/mol. The van der Waals surface area contributed by atoms with E-state index in [1.807, 2.05) is 44.1 Å². The van der Waals surface area contributed by atoms with Gasteiger partial charge >= 0.3 is 0 Å². The first-order valence-corrected chi connectivity index (χ1v) is 5.54. The summed E-state index contributed by atoms with van der Waals surface area (Å²) in [5.41, 5.74) is 0.921. The van der Waals surface area contributed by atoms with Gasteiger partial charge in [0.15, 0.2) is 5.96 Å². The lowest BCUT2D eigenvalue weighted by molar-refractivity contribution is -0.384. The van der Waals surface area contributed by atoms with Crippen molar-refractivity contribution in [1.29, 1.82) is 0 Å². The molecule has 0 spiro atoms. The lowest BCUT2D eigenvalue weighted by Crippen LogP contribution is -2.35. The fourth-order valence-corrected chi connectivity index (χ4v) is 1.61. The number of benzene rings is 1. The lowest BCUT2D eigenvalue weighted by Gasteiger charge is -2.22. The monoisotopic (exact) mass is 250 g/mol. The van der Waals surface area contributed by atoms with E-state index in [-0.39, 0.29) is 5.69 Å². The second kappa shape index (κ2) is 6.00. The van der Waals surface area contributed by atoms with E-state index in [1.165, 1.54) is 6.07 Å². The van der Waals surface area contributed by atoms with E-state index < -0.39 is 4.92 Å². The number of hydrogen-bond donors (Lipinski definition) is 0. The summed E-state index contributed by atoms with van der Waals surface area (Å²) in [7, 11) is 7.64. The number of non-ortho nitro benzene ring substituents is 1. The van der Waals surface area contributed by atoms with Gasteiger partial charge in [-0.05, 0) is 5.56 Å². The van der Waals surface area contributed by atoms with Gasteiger partial charge in [-0.15, -0.1) is 0 Å². The molecule has 1 rings (SSSR count). The molecule has 0 unspecified atom stereocenters. The van der Waals surface area contributed by atoms with Crippen LogP contribution in [0.1, 0.15) is 5.56 Å². The molecule has 1 aromatic carbocycles. The number of nitro benzene ring substituents is 1. The molecular weight excluding hydrogens is 232 g/mol. The fourth-order valence-electron chi connectivity index (χ4n) is 1.61. The van der Waals surface area contributed by atoms with E-state index in [2.05, 4.69) is 4.99 Å². The minimum atomic E-state index is -0.397. The van der Waals surface area contributed by atoms with Crippen LogP contribution >= 0.6 is 0 Å². The van der Waals surface area contributed by atoms with Gasteiger partial charge in [0.1, 0.15) is 0 Å². The second-order valence-electron chi connectivity index (χ2n) is 4.33. The molecule has 0 aliphatic carbocycles. The molecular formula is C12H18N4O2. The van der Waals surface area contributed by atoms with E-state index in [1.54, 1.807) is 12.1 Å². The summed E-state index contributed by atoms with van der Waals surface area (Å²) in [6.45, 7) is 0.424. The van der Waals surface area contributed by atoms with E-state index >= 15 is 0 Å². The Balaban J connectivity index is 2.87. The Labute approximate surface area is 107 Å². The Morgan fingerprint density at radius 3 is 2.39 bits per heavy atom. The second-order valence-corrected chi connectivity index (χ2v) is 4.33. The van der Waals surface area contributed by atoms with Crippen molar-refractivity contribution in [2.24, 2.45) is 4.99 Å². The zero-order chi connectivity index (χ0) is 13.7. The normalized spacial score (nSPS) is 9.78. The highest BCUT2D eigenvalue weighted by Crippen LogP contribution is 2.13. The van der Waals surface area contributed by atoms with Crippen molar-refractivity contribution in [3.05, 3.63) is 39.9 Å². The Morgan fingerprint density at radius 2 is 1.89 bits per heavy atom. The third-order valence-electron chi connectivity index (χ3n) is 2.32. The first kappa shape index (κ1) is 14.0. The number of hydrogen-bond acceptors (Lipinski definition) is 3. The van der Waals surface area contributed by atoms with E-state index in [9.17, 15) is 10.1 Å². The third-order valence-corrected chi connectivity index (χ3v) is 2.32. The van der Waals surface area contributed by atoms with Crippen molar-refractivity contribution < 1.29 is 4.92 Å². The molecule has 0 atom stereocenters. The first-order chi connectivity index (χ1) is 8.41. The van der Waals surface area contributed by atoms with Gasteiger partial charge in [-0.3, -0.25) is 10.1 Å². The van der Waals surface area contributed by atoms with Crippen LogP contribution in [0.25, 0.3) is 0 Å². The molecule has 0 bridgehead atoms. The molecule has 0 aliphatic heterocycles.